The second-order valence-electron chi connectivity index (χ2n) is 4.60. The molecule has 0 aromatic carbocycles. The van der Waals surface area contributed by atoms with E-state index in [1.165, 1.54) is 38.6 Å². The highest BCUT2D eigenvalue weighted by molar-refractivity contribution is 4.96. The molecule has 2 rings (SSSR count). The molecule has 0 aliphatic heterocycles. The Balaban J connectivity index is 1.58. The minimum absolute atomic E-state index is 0.637. The minimum atomic E-state index is 0.637. The van der Waals surface area contributed by atoms with E-state index < -0.39 is 0 Å². The summed E-state index contributed by atoms with van der Waals surface area (Å²) >= 11 is 0. The summed E-state index contributed by atoms with van der Waals surface area (Å²) in [6.07, 6.45) is 6.91. The molecule has 0 atom stereocenters. The Morgan fingerprint density at radius 2 is 2.15 bits per heavy atom. The first kappa shape index (κ1) is 9.47. The van der Waals surface area contributed by atoms with Gasteiger partial charge in [0.05, 0.1) is 0 Å². The van der Waals surface area contributed by atoms with Gasteiger partial charge < -0.3 is 10.1 Å². The molecule has 2 fully saturated rings. The van der Waals surface area contributed by atoms with E-state index in [2.05, 4.69) is 12.2 Å². The lowest BCUT2D eigenvalue weighted by Gasteiger charge is -2.15. The van der Waals surface area contributed by atoms with Crippen LogP contribution in [0.1, 0.15) is 39.0 Å². The summed E-state index contributed by atoms with van der Waals surface area (Å²) in [6, 6.07) is 0.865. The van der Waals surface area contributed by atoms with Crippen molar-refractivity contribution >= 4 is 0 Å². The van der Waals surface area contributed by atoms with Crippen LogP contribution in [0.15, 0.2) is 0 Å². The van der Waals surface area contributed by atoms with Gasteiger partial charge in [0, 0.05) is 25.8 Å². The molecule has 0 amide bonds. The summed E-state index contributed by atoms with van der Waals surface area (Å²) in [4.78, 5) is 0. The van der Waals surface area contributed by atoms with E-state index in [1.807, 2.05) is 0 Å². The van der Waals surface area contributed by atoms with Gasteiger partial charge in [-0.1, -0.05) is 0 Å². The zero-order chi connectivity index (χ0) is 9.15. The maximum atomic E-state index is 5.40. The van der Waals surface area contributed by atoms with Crippen molar-refractivity contribution < 1.29 is 4.74 Å². The molecular weight excluding hydrogens is 162 g/mol. The van der Waals surface area contributed by atoms with Crippen molar-refractivity contribution in [1.29, 1.82) is 0 Å². The average Bonchev–Trinajstić information content (AvgIpc) is 3.00. The maximum absolute atomic E-state index is 5.40. The lowest BCUT2D eigenvalue weighted by atomic mass is 10.0. The molecular formula is C11H21NO. The van der Waals surface area contributed by atoms with Crippen molar-refractivity contribution in [2.45, 2.75) is 45.1 Å². The Morgan fingerprint density at radius 3 is 2.69 bits per heavy atom. The maximum Gasteiger partial charge on any atom is 0.0471 e. The standard InChI is InChI=1S/C11H21NO/c1-2-13-8-7-11(5-6-11)9-12-10-3-4-10/h10,12H,2-9H2,1H3. The molecule has 0 aromatic heterocycles. The van der Waals surface area contributed by atoms with Crippen molar-refractivity contribution in [1.82, 2.24) is 5.32 Å². The van der Waals surface area contributed by atoms with Gasteiger partial charge in [-0.25, -0.2) is 0 Å². The third-order valence-corrected chi connectivity index (χ3v) is 3.28. The zero-order valence-electron chi connectivity index (χ0n) is 8.64. The fourth-order valence-corrected chi connectivity index (χ4v) is 1.77. The van der Waals surface area contributed by atoms with E-state index in [9.17, 15) is 0 Å². The van der Waals surface area contributed by atoms with Crippen molar-refractivity contribution in [3.05, 3.63) is 0 Å². The second-order valence-corrected chi connectivity index (χ2v) is 4.60. The normalized spacial score (nSPS) is 24.7. The summed E-state index contributed by atoms with van der Waals surface area (Å²) in [5.41, 5.74) is 0.637. The van der Waals surface area contributed by atoms with E-state index in [1.54, 1.807) is 0 Å². The van der Waals surface area contributed by atoms with E-state index in [-0.39, 0.29) is 0 Å². The van der Waals surface area contributed by atoms with Gasteiger partial charge in [0.25, 0.3) is 0 Å². The van der Waals surface area contributed by atoms with Gasteiger partial charge in [-0.2, -0.15) is 0 Å². The molecule has 2 saturated carbocycles. The van der Waals surface area contributed by atoms with Gasteiger partial charge in [0.15, 0.2) is 0 Å². The van der Waals surface area contributed by atoms with E-state index in [4.69, 9.17) is 4.74 Å². The van der Waals surface area contributed by atoms with Gasteiger partial charge >= 0.3 is 0 Å². The van der Waals surface area contributed by atoms with Crippen LogP contribution in [0.2, 0.25) is 0 Å². The first-order valence-electron chi connectivity index (χ1n) is 5.66. The molecule has 0 spiro atoms. The molecule has 76 valence electrons. The summed E-state index contributed by atoms with van der Waals surface area (Å²) in [6.45, 7) is 5.14. The van der Waals surface area contributed by atoms with Crippen LogP contribution in [0.25, 0.3) is 0 Å². The highest BCUT2D eigenvalue weighted by Gasteiger charge is 2.42. The Hall–Kier alpha value is -0.0800. The van der Waals surface area contributed by atoms with Gasteiger partial charge in [0.2, 0.25) is 0 Å². The van der Waals surface area contributed by atoms with Gasteiger partial charge in [-0.05, 0) is 44.4 Å². The van der Waals surface area contributed by atoms with Crippen LogP contribution >= 0.6 is 0 Å². The van der Waals surface area contributed by atoms with Gasteiger partial charge in [0.1, 0.15) is 0 Å². The molecule has 2 aliphatic carbocycles. The fourth-order valence-electron chi connectivity index (χ4n) is 1.77. The second kappa shape index (κ2) is 3.97. The molecule has 2 heteroatoms. The third kappa shape index (κ3) is 2.96. The lowest BCUT2D eigenvalue weighted by molar-refractivity contribution is 0.127. The molecule has 13 heavy (non-hydrogen) atoms. The molecule has 0 radical (unpaired) electrons. The highest BCUT2D eigenvalue weighted by Crippen LogP contribution is 2.48. The van der Waals surface area contributed by atoms with Crippen LogP contribution in [0.5, 0.6) is 0 Å². The largest absolute Gasteiger partial charge is 0.382 e. The van der Waals surface area contributed by atoms with Crippen LogP contribution in [-0.2, 0) is 4.74 Å². The Bertz CT molecular complexity index is 161. The molecule has 1 N–H and O–H groups in total. The van der Waals surface area contributed by atoms with Crippen LogP contribution in [0.4, 0.5) is 0 Å². The van der Waals surface area contributed by atoms with Crippen molar-refractivity contribution in [2.75, 3.05) is 19.8 Å². The highest BCUT2D eigenvalue weighted by atomic mass is 16.5. The molecule has 0 bridgehead atoms. The Kier molecular flexibility index (Phi) is 2.89. The van der Waals surface area contributed by atoms with Crippen LogP contribution in [-0.4, -0.2) is 25.8 Å². The van der Waals surface area contributed by atoms with Gasteiger partial charge in [-0.3, -0.25) is 0 Å². The summed E-state index contributed by atoms with van der Waals surface area (Å²) < 4.78 is 5.40. The van der Waals surface area contributed by atoms with E-state index in [0.29, 0.717) is 5.41 Å². The van der Waals surface area contributed by atoms with E-state index >= 15 is 0 Å². The molecule has 0 saturated heterocycles. The zero-order valence-corrected chi connectivity index (χ0v) is 8.64. The summed E-state index contributed by atoms with van der Waals surface area (Å²) in [5.74, 6) is 0. The first-order chi connectivity index (χ1) is 6.35. The molecule has 2 aliphatic rings. The SMILES string of the molecule is CCOCCC1(CNC2CC2)CC1. The summed E-state index contributed by atoms with van der Waals surface area (Å²) in [7, 11) is 0. The predicted octanol–water partition coefficient (Wildman–Crippen LogP) is 1.95. The number of hydrogen-bond donors (Lipinski definition) is 1. The van der Waals surface area contributed by atoms with Crippen molar-refractivity contribution in [3.63, 3.8) is 0 Å². The first-order valence-corrected chi connectivity index (χ1v) is 5.66. The lowest BCUT2D eigenvalue weighted by Crippen LogP contribution is -2.26. The fraction of sp³-hybridized carbons (Fsp3) is 1.00. The smallest absolute Gasteiger partial charge is 0.0471 e. The summed E-state index contributed by atoms with van der Waals surface area (Å²) in [5, 5.41) is 3.63. The molecule has 0 aromatic rings. The number of hydrogen-bond acceptors (Lipinski definition) is 2. The number of rotatable bonds is 7. The molecule has 0 heterocycles. The average molecular weight is 183 g/mol. The van der Waals surface area contributed by atoms with Crippen LogP contribution in [0, 0.1) is 5.41 Å². The monoisotopic (exact) mass is 183 g/mol. The molecule has 2 nitrogen and oxygen atoms in total. The Morgan fingerprint density at radius 1 is 1.38 bits per heavy atom. The number of ether oxygens (including phenoxy) is 1. The van der Waals surface area contributed by atoms with Crippen molar-refractivity contribution in [3.8, 4) is 0 Å². The minimum Gasteiger partial charge on any atom is -0.382 e. The molecule has 0 unspecified atom stereocenters. The quantitative estimate of drug-likeness (QED) is 0.609. The number of nitrogens with one attached hydrogen (secondary N) is 1. The third-order valence-electron chi connectivity index (χ3n) is 3.28. The van der Waals surface area contributed by atoms with Crippen LogP contribution in [0.3, 0.4) is 0 Å². The van der Waals surface area contributed by atoms with Gasteiger partial charge in [-0.15, -0.1) is 0 Å². The van der Waals surface area contributed by atoms with E-state index in [0.717, 1.165) is 19.3 Å². The predicted molar refractivity (Wildman–Crippen MR) is 53.8 cm³/mol. The Labute approximate surface area is 81.0 Å². The topological polar surface area (TPSA) is 21.3 Å². The van der Waals surface area contributed by atoms with Crippen molar-refractivity contribution in [2.24, 2.45) is 5.41 Å². The van der Waals surface area contributed by atoms with Crippen LogP contribution < -0.4 is 5.32 Å².